The highest BCUT2D eigenvalue weighted by Gasteiger charge is 2.21. The zero-order valence-corrected chi connectivity index (χ0v) is 11.4. The van der Waals surface area contributed by atoms with Crippen molar-refractivity contribution in [2.24, 2.45) is 0 Å². The Morgan fingerprint density at radius 2 is 2.26 bits per heavy atom. The standard InChI is InChI=1S/C10H10N2O5S2/c1-6-8(18-5-11-6)4-12-19(15,16)9-3-2-7(17-9)10(13)14/h2-3,5,12H,4H2,1H3,(H,13,14). The summed E-state index contributed by atoms with van der Waals surface area (Å²) in [7, 11) is -3.87. The summed E-state index contributed by atoms with van der Waals surface area (Å²) in [6, 6.07) is 2.19. The lowest BCUT2D eigenvalue weighted by Crippen LogP contribution is -2.22. The van der Waals surface area contributed by atoms with E-state index in [0.717, 1.165) is 22.7 Å². The molecule has 0 radical (unpaired) electrons. The molecule has 0 spiro atoms. The molecule has 0 aliphatic rings. The molecule has 0 bridgehead atoms. The second kappa shape index (κ2) is 5.11. The molecule has 0 aliphatic carbocycles. The van der Waals surface area contributed by atoms with Crippen molar-refractivity contribution in [2.45, 2.75) is 18.6 Å². The fraction of sp³-hybridized carbons (Fsp3) is 0.200. The smallest absolute Gasteiger partial charge is 0.371 e. The van der Waals surface area contributed by atoms with Crippen LogP contribution in [0.15, 0.2) is 27.2 Å². The normalized spacial score (nSPS) is 11.6. The van der Waals surface area contributed by atoms with Gasteiger partial charge in [-0.3, -0.25) is 0 Å². The van der Waals surface area contributed by atoms with Crippen LogP contribution in [0.2, 0.25) is 0 Å². The SMILES string of the molecule is Cc1ncsc1CNS(=O)(=O)c1ccc(C(=O)O)o1. The molecular formula is C10H10N2O5S2. The van der Waals surface area contributed by atoms with Crippen LogP contribution >= 0.6 is 11.3 Å². The van der Waals surface area contributed by atoms with E-state index in [1.807, 2.05) is 0 Å². The van der Waals surface area contributed by atoms with Crippen LogP contribution in [-0.2, 0) is 16.6 Å². The van der Waals surface area contributed by atoms with Crippen LogP contribution in [0.25, 0.3) is 0 Å². The summed E-state index contributed by atoms with van der Waals surface area (Å²) in [6.07, 6.45) is 0. The Bertz CT molecular complexity index is 701. The van der Waals surface area contributed by atoms with Crippen molar-refractivity contribution in [3.8, 4) is 0 Å². The summed E-state index contributed by atoms with van der Waals surface area (Å²) in [5.41, 5.74) is 2.37. The lowest BCUT2D eigenvalue weighted by atomic mass is 10.4. The number of nitrogens with one attached hydrogen (secondary N) is 1. The molecule has 7 nitrogen and oxygen atoms in total. The maximum Gasteiger partial charge on any atom is 0.371 e. The van der Waals surface area contributed by atoms with Gasteiger partial charge in [-0.25, -0.2) is 22.9 Å². The molecule has 0 saturated heterocycles. The molecule has 9 heteroatoms. The second-order valence-electron chi connectivity index (χ2n) is 3.61. The summed E-state index contributed by atoms with van der Waals surface area (Å²) in [5.74, 6) is -1.74. The maximum atomic E-state index is 11.9. The molecule has 0 saturated carbocycles. The molecule has 102 valence electrons. The lowest BCUT2D eigenvalue weighted by Gasteiger charge is -2.02. The van der Waals surface area contributed by atoms with Gasteiger partial charge in [0.25, 0.3) is 10.0 Å². The molecule has 0 aromatic carbocycles. The first-order valence-electron chi connectivity index (χ1n) is 5.12. The largest absolute Gasteiger partial charge is 0.475 e. The average molecular weight is 302 g/mol. The first kappa shape index (κ1) is 13.7. The molecular weight excluding hydrogens is 292 g/mol. The van der Waals surface area contributed by atoms with E-state index in [4.69, 9.17) is 9.52 Å². The van der Waals surface area contributed by atoms with Crippen LogP contribution in [-0.4, -0.2) is 24.5 Å². The molecule has 0 aliphatic heterocycles. The van der Waals surface area contributed by atoms with Gasteiger partial charge < -0.3 is 9.52 Å². The third-order valence-corrected chi connectivity index (χ3v) is 4.53. The third-order valence-electron chi connectivity index (χ3n) is 2.32. The number of thiazole rings is 1. The van der Waals surface area contributed by atoms with Gasteiger partial charge in [-0.15, -0.1) is 11.3 Å². The van der Waals surface area contributed by atoms with Gasteiger partial charge in [-0.05, 0) is 19.1 Å². The molecule has 2 rings (SSSR count). The van der Waals surface area contributed by atoms with E-state index in [-0.39, 0.29) is 6.54 Å². The highest BCUT2D eigenvalue weighted by Crippen LogP contribution is 2.16. The van der Waals surface area contributed by atoms with Crippen molar-refractivity contribution in [1.29, 1.82) is 0 Å². The number of aromatic carboxylic acids is 1. The summed E-state index contributed by atoms with van der Waals surface area (Å²) in [5, 5.41) is 8.24. The summed E-state index contributed by atoms with van der Waals surface area (Å²) in [6.45, 7) is 1.86. The number of furan rings is 1. The molecule has 0 unspecified atom stereocenters. The minimum Gasteiger partial charge on any atom is -0.475 e. The highest BCUT2D eigenvalue weighted by molar-refractivity contribution is 7.89. The van der Waals surface area contributed by atoms with E-state index in [0.29, 0.717) is 0 Å². The minimum absolute atomic E-state index is 0.0853. The van der Waals surface area contributed by atoms with Gasteiger partial charge >= 0.3 is 5.97 Å². The van der Waals surface area contributed by atoms with Gasteiger partial charge in [0, 0.05) is 11.4 Å². The quantitative estimate of drug-likeness (QED) is 0.859. The van der Waals surface area contributed by atoms with Crippen molar-refractivity contribution in [2.75, 3.05) is 0 Å². The number of carboxylic acids is 1. The topological polar surface area (TPSA) is 110 Å². The highest BCUT2D eigenvalue weighted by atomic mass is 32.2. The van der Waals surface area contributed by atoms with Gasteiger partial charge in [0.1, 0.15) is 0 Å². The average Bonchev–Trinajstić information content (AvgIpc) is 2.95. The molecule has 2 heterocycles. The monoisotopic (exact) mass is 302 g/mol. The molecule has 2 aromatic heterocycles. The van der Waals surface area contributed by atoms with Crippen molar-refractivity contribution in [3.05, 3.63) is 34.0 Å². The van der Waals surface area contributed by atoms with E-state index in [9.17, 15) is 13.2 Å². The van der Waals surface area contributed by atoms with E-state index < -0.39 is 26.8 Å². The zero-order chi connectivity index (χ0) is 14.0. The van der Waals surface area contributed by atoms with E-state index >= 15 is 0 Å². The zero-order valence-electron chi connectivity index (χ0n) is 9.78. The molecule has 19 heavy (non-hydrogen) atoms. The lowest BCUT2D eigenvalue weighted by molar-refractivity contribution is 0.0656. The summed E-state index contributed by atoms with van der Waals surface area (Å²) < 4.78 is 30.8. The number of rotatable bonds is 5. The van der Waals surface area contributed by atoms with Gasteiger partial charge in [0.15, 0.2) is 0 Å². The van der Waals surface area contributed by atoms with Gasteiger partial charge in [0.2, 0.25) is 10.9 Å². The van der Waals surface area contributed by atoms with Crippen LogP contribution in [0.1, 0.15) is 21.1 Å². The Kier molecular flexibility index (Phi) is 3.69. The number of aromatic nitrogens is 1. The number of hydrogen-bond acceptors (Lipinski definition) is 6. The Balaban J connectivity index is 2.14. The Labute approximate surface area is 113 Å². The molecule has 2 aromatic rings. The molecule has 0 fully saturated rings. The van der Waals surface area contributed by atoms with Crippen molar-refractivity contribution >= 4 is 27.3 Å². The summed E-state index contributed by atoms with van der Waals surface area (Å²) in [4.78, 5) is 15.4. The molecule has 2 N–H and O–H groups in total. The van der Waals surface area contributed by atoms with Gasteiger partial charge in [0.05, 0.1) is 11.2 Å². The van der Waals surface area contributed by atoms with Crippen molar-refractivity contribution in [3.63, 3.8) is 0 Å². The number of carboxylic acid groups (broad SMARTS) is 1. The van der Waals surface area contributed by atoms with Crippen LogP contribution in [0, 0.1) is 6.92 Å². The Morgan fingerprint density at radius 1 is 1.53 bits per heavy atom. The molecule has 0 atom stereocenters. The summed E-state index contributed by atoms with van der Waals surface area (Å²) >= 11 is 1.33. The van der Waals surface area contributed by atoms with Crippen LogP contribution in [0.4, 0.5) is 0 Å². The second-order valence-corrected chi connectivity index (χ2v) is 6.25. The minimum atomic E-state index is -3.87. The van der Waals surface area contributed by atoms with E-state index in [1.54, 1.807) is 12.4 Å². The van der Waals surface area contributed by atoms with E-state index in [2.05, 4.69) is 9.71 Å². The van der Waals surface area contributed by atoms with E-state index in [1.165, 1.54) is 11.3 Å². The Morgan fingerprint density at radius 3 is 2.79 bits per heavy atom. The predicted molar refractivity (Wildman–Crippen MR) is 66.5 cm³/mol. The van der Waals surface area contributed by atoms with Crippen LogP contribution in [0.5, 0.6) is 0 Å². The van der Waals surface area contributed by atoms with Crippen molar-refractivity contribution in [1.82, 2.24) is 9.71 Å². The fourth-order valence-electron chi connectivity index (χ4n) is 1.31. The number of carbonyl (C=O) groups is 1. The number of hydrogen-bond donors (Lipinski definition) is 2. The maximum absolute atomic E-state index is 11.9. The fourth-order valence-corrected chi connectivity index (χ4v) is 3.04. The number of sulfonamides is 1. The first-order chi connectivity index (χ1) is 8.90. The van der Waals surface area contributed by atoms with Gasteiger partial charge in [-0.1, -0.05) is 0 Å². The Hall–Kier alpha value is -1.71. The predicted octanol–water partition coefficient (Wildman–Crippen LogP) is 1.22. The number of aryl methyl sites for hydroxylation is 1. The third kappa shape index (κ3) is 3.00. The number of nitrogens with zero attached hydrogens (tertiary/aromatic N) is 1. The van der Waals surface area contributed by atoms with Gasteiger partial charge in [-0.2, -0.15) is 0 Å². The van der Waals surface area contributed by atoms with Crippen LogP contribution < -0.4 is 4.72 Å². The first-order valence-corrected chi connectivity index (χ1v) is 7.48. The van der Waals surface area contributed by atoms with Crippen LogP contribution in [0.3, 0.4) is 0 Å². The van der Waals surface area contributed by atoms with Crippen molar-refractivity contribution < 1.29 is 22.7 Å². The molecule has 0 amide bonds.